The number of nitrogens with two attached hydrogens (primary N) is 1. The van der Waals surface area contributed by atoms with E-state index in [2.05, 4.69) is 18.4 Å². The summed E-state index contributed by atoms with van der Waals surface area (Å²) in [5, 5.41) is 0. The van der Waals surface area contributed by atoms with Crippen molar-refractivity contribution in [2.24, 2.45) is 0 Å². The third-order valence-corrected chi connectivity index (χ3v) is 1.91. The highest BCUT2D eigenvalue weighted by Gasteiger charge is 1.88. The molecule has 11 heavy (non-hydrogen) atoms. The van der Waals surface area contributed by atoms with Crippen LogP contribution in [-0.2, 0) is 5.75 Å². The molecule has 0 spiro atoms. The Hall–Kier alpha value is -0.340. The molecule has 0 aliphatic rings. The molecule has 1 rings (SSSR count). The van der Waals surface area contributed by atoms with Gasteiger partial charge >= 0.3 is 0 Å². The second kappa shape index (κ2) is 5.33. The Bertz CT molecular complexity index is 198. The maximum Gasteiger partial charge on any atom is 0.0314 e. The first kappa shape index (κ1) is 10.7. The standard InChI is InChI=1S/C8H11NS.ClH/c1-10-6-7-2-4-8(9)5-3-7;/h2-5H,6,9H2,1H3;1H. The van der Waals surface area contributed by atoms with E-state index in [0.717, 1.165) is 11.4 Å². The summed E-state index contributed by atoms with van der Waals surface area (Å²) in [7, 11) is 0. The summed E-state index contributed by atoms with van der Waals surface area (Å²) in [5.41, 5.74) is 7.69. The minimum atomic E-state index is 0. The van der Waals surface area contributed by atoms with E-state index in [1.807, 2.05) is 23.9 Å². The minimum absolute atomic E-state index is 0. The van der Waals surface area contributed by atoms with E-state index in [9.17, 15) is 0 Å². The maximum atomic E-state index is 5.52. The SMILES string of the molecule is CSCc1ccc(N)cc1.Cl. The molecule has 3 heteroatoms. The summed E-state index contributed by atoms with van der Waals surface area (Å²) < 4.78 is 0. The van der Waals surface area contributed by atoms with Gasteiger partial charge < -0.3 is 5.73 Å². The molecule has 0 saturated carbocycles. The Kier molecular flexibility index (Phi) is 5.16. The first-order valence-corrected chi connectivity index (χ1v) is 4.55. The van der Waals surface area contributed by atoms with Crippen LogP contribution >= 0.6 is 24.2 Å². The number of thioether (sulfide) groups is 1. The van der Waals surface area contributed by atoms with Crippen LogP contribution in [0.25, 0.3) is 0 Å². The van der Waals surface area contributed by atoms with Gasteiger partial charge in [0.15, 0.2) is 0 Å². The Morgan fingerprint density at radius 2 is 1.82 bits per heavy atom. The third kappa shape index (κ3) is 3.54. The summed E-state index contributed by atoms with van der Waals surface area (Å²) in [6, 6.07) is 7.99. The molecule has 62 valence electrons. The lowest BCUT2D eigenvalue weighted by atomic mass is 10.2. The molecule has 0 atom stereocenters. The van der Waals surface area contributed by atoms with Crippen LogP contribution in [0.3, 0.4) is 0 Å². The van der Waals surface area contributed by atoms with E-state index in [4.69, 9.17) is 5.73 Å². The highest BCUT2D eigenvalue weighted by atomic mass is 35.5. The fraction of sp³-hybridized carbons (Fsp3) is 0.250. The molecular formula is C8H12ClNS. The van der Waals surface area contributed by atoms with Crippen LogP contribution in [0.5, 0.6) is 0 Å². The molecule has 1 aromatic carbocycles. The fourth-order valence-corrected chi connectivity index (χ4v) is 1.31. The normalized spacial score (nSPS) is 8.82. The summed E-state index contributed by atoms with van der Waals surface area (Å²) in [6.45, 7) is 0. The second-order valence-electron chi connectivity index (χ2n) is 2.17. The van der Waals surface area contributed by atoms with Crippen LogP contribution in [0.15, 0.2) is 24.3 Å². The van der Waals surface area contributed by atoms with Gasteiger partial charge in [-0.15, -0.1) is 12.4 Å². The van der Waals surface area contributed by atoms with Gasteiger partial charge in [0.25, 0.3) is 0 Å². The molecule has 0 heterocycles. The van der Waals surface area contributed by atoms with Gasteiger partial charge in [-0.1, -0.05) is 12.1 Å². The molecule has 1 nitrogen and oxygen atoms in total. The molecule has 0 amide bonds. The van der Waals surface area contributed by atoms with Gasteiger partial charge in [-0.25, -0.2) is 0 Å². The lowest BCUT2D eigenvalue weighted by Gasteiger charge is -1.97. The van der Waals surface area contributed by atoms with Crippen molar-refractivity contribution >= 4 is 29.9 Å². The fourth-order valence-electron chi connectivity index (χ4n) is 0.781. The van der Waals surface area contributed by atoms with Gasteiger partial charge in [0.05, 0.1) is 0 Å². The second-order valence-corrected chi connectivity index (χ2v) is 3.04. The number of hydrogen-bond acceptors (Lipinski definition) is 2. The molecule has 0 fully saturated rings. The molecule has 0 aliphatic heterocycles. The average molecular weight is 190 g/mol. The molecule has 0 unspecified atom stereocenters. The van der Waals surface area contributed by atoms with Gasteiger partial charge in [0, 0.05) is 11.4 Å². The van der Waals surface area contributed by atoms with Crippen LogP contribution in [0.2, 0.25) is 0 Å². The van der Waals surface area contributed by atoms with Gasteiger partial charge in [-0.2, -0.15) is 11.8 Å². The van der Waals surface area contributed by atoms with Gasteiger partial charge in [-0.3, -0.25) is 0 Å². The van der Waals surface area contributed by atoms with Crippen molar-refractivity contribution in [3.8, 4) is 0 Å². The number of nitrogen functional groups attached to an aromatic ring is 1. The zero-order chi connectivity index (χ0) is 7.40. The van der Waals surface area contributed by atoms with E-state index in [-0.39, 0.29) is 12.4 Å². The number of halogens is 1. The zero-order valence-electron chi connectivity index (χ0n) is 6.41. The molecule has 0 aromatic heterocycles. The Balaban J connectivity index is 0.000001000. The largest absolute Gasteiger partial charge is 0.399 e. The average Bonchev–Trinajstić information content (AvgIpc) is 1.95. The topological polar surface area (TPSA) is 26.0 Å². The van der Waals surface area contributed by atoms with Crippen LogP contribution in [-0.4, -0.2) is 6.26 Å². The first-order chi connectivity index (χ1) is 4.83. The van der Waals surface area contributed by atoms with Crippen LogP contribution in [0, 0.1) is 0 Å². The minimum Gasteiger partial charge on any atom is -0.399 e. The van der Waals surface area contributed by atoms with E-state index < -0.39 is 0 Å². The highest BCUT2D eigenvalue weighted by Crippen LogP contribution is 2.10. The smallest absolute Gasteiger partial charge is 0.0314 e. The predicted octanol–water partition coefficient (Wildman–Crippen LogP) is 2.55. The number of anilines is 1. The summed E-state index contributed by atoms with van der Waals surface area (Å²) in [5.74, 6) is 1.07. The molecule has 2 N–H and O–H groups in total. The number of hydrogen-bond donors (Lipinski definition) is 1. The van der Waals surface area contributed by atoms with Crippen LogP contribution in [0.1, 0.15) is 5.56 Å². The summed E-state index contributed by atoms with van der Waals surface area (Å²) in [6.07, 6.45) is 2.09. The van der Waals surface area contributed by atoms with E-state index in [1.165, 1.54) is 5.56 Å². The Morgan fingerprint density at radius 3 is 2.27 bits per heavy atom. The van der Waals surface area contributed by atoms with Crippen molar-refractivity contribution in [2.75, 3.05) is 12.0 Å². The number of rotatable bonds is 2. The van der Waals surface area contributed by atoms with Gasteiger partial charge in [0.2, 0.25) is 0 Å². The monoisotopic (exact) mass is 189 g/mol. The van der Waals surface area contributed by atoms with E-state index in [1.54, 1.807) is 0 Å². The Labute approximate surface area is 77.8 Å². The van der Waals surface area contributed by atoms with Gasteiger partial charge in [-0.05, 0) is 24.0 Å². The Morgan fingerprint density at radius 1 is 1.27 bits per heavy atom. The molecule has 0 aliphatic carbocycles. The first-order valence-electron chi connectivity index (χ1n) is 3.16. The van der Waals surface area contributed by atoms with Crippen molar-refractivity contribution in [1.82, 2.24) is 0 Å². The van der Waals surface area contributed by atoms with Crippen LogP contribution in [0.4, 0.5) is 5.69 Å². The van der Waals surface area contributed by atoms with E-state index in [0.29, 0.717) is 0 Å². The van der Waals surface area contributed by atoms with Crippen molar-refractivity contribution in [2.45, 2.75) is 5.75 Å². The van der Waals surface area contributed by atoms with Crippen molar-refractivity contribution in [3.63, 3.8) is 0 Å². The summed E-state index contributed by atoms with van der Waals surface area (Å²) in [4.78, 5) is 0. The molecular weight excluding hydrogens is 178 g/mol. The zero-order valence-corrected chi connectivity index (χ0v) is 8.04. The molecule has 1 aromatic rings. The molecule has 0 bridgehead atoms. The summed E-state index contributed by atoms with van der Waals surface area (Å²) >= 11 is 1.82. The van der Waals surface area contributed by atoms with E-state index >= 15 is 0 Å². The quantitative estimate of drug-likeness (QED) is 0.724. The van der Waals surface area contributed by atoms with Crippen LogP contribution < -0.4 is 5.73 Å². The third-order valence-electron chi connectivity index (χ3n) is 1.29. The molecule has 0 saturated heterocycles. The maximum absolute atomic E-state index is 5.52. The van der Waals surface area contributed by atoms with Gasteiger partial charge in [0.1, 0.15) is 0 Å². The number of benzene rings is 1. The van der Waals surface area contributed by atoms with Crippen molar-refractivity contribution < 1.29 is 0 Å². The molecule has 0 radical (unpaired) electrons. The lowest BCUT2D eigenvalue weighted by Crippen LogP contribution is -1.84. The van der Waals surface area contributed by atoms with Crippen molar-refractivity contribution in [1.29, 1.82) is 0 Å². The van der Waals surface area contributed by atoms with Crippen molar-refractivity contribution in [3.05, 3.63) is 29.8 Å². The highest BCUT2D eigenvalue weighted by molar-refractivity contribution is 7.97. The lowest BCUT2D eigenvalue weighted by molar-refractivity contribution is 1.42. The predicted molar refractivity (Wildman–Crippen MR) is 55.3 cm³/mol.